The standard InChI is InChI=1S/C20H14N4.C10H14O3S/c1-2-14-10-16-5-6-18(23-16)12-20-8-7-19(24-20)11-17-4-3-15(22-17)9-13(1)21-14;1-6-5-7(2)9(4)10(8(6)3)14(11,12)13/h1-12,21-22H;5H,1-4H3,(H,11,12,13). The summed E-state index contributed by atoms with van der Waals surface area (Å²) >= 11 is 0. The van der Waals surface area contributed by atoms with E-state index in [4.69, 9.17) is 4.55 Å². The molecule has 8 bridgehead atoms. The largest absolute Gasteiger partial charge is 0.355 e. The zero-order valence-corrected chi connectivity index (χ0v) is 22.4. The SMILES string of the molecule is C1=Cc2cc3ccc(cc4ccc(cc5nc(cc1n2)C=C5)[nH]4)[nH]3.Cc1cc(C)c(C)c(S(=O)(=O)O)c1C. The van der Waals surface area contributed by atoms with Gasteiger partial charge in [0.25, 0.3) is 10.1 Å². The lowest BCUT2D eigenvalue weighted by molar-refractivity contribution is 0.481. The molecule has 5 heterocycles. The van der Waals surface area contributed by atoms with Crippen molar-refractivity contribution >= 4 is 56.5 Å². The predicted octanol–water partition coefficient (Wildman–Crippen LogP) is 6.82. The highest BCUT2D eigenvalue weighted by Gasteiger charge is 2.19. The van der Waals surface area contributed by atoms with E-state index < -0.39 is 10.1 Å². The number of benzene rings is 1. The molecule has 2 aliphatic heterocycles. The molecular weight excluding hydrogens is 496 g/mol. The van der Waals surface area contributed by atoms with Gasteiger partial charge < -0.3 is 9.97 Å². The van der Waals surface area contributed by atoms with Gasteiger partial charge in [-0.05, 0) is 123 Å². The topological polar surface area (TPSA) is 112 Å². The molecule has 1 aromatic carbocycles. The highest BCUT2D eigenvalue weighted by Crippen LogP contribution is 2.25. The van der Waals surface area contributed by atoms with Crippen LogP contribution in [0.15, 0.2) is 59.5 Å². The Morgan fingerprint density at radius 1 is 0.579 bits per heavy atom. The van der Waals surface area contributed by atoms with Gasteiger partial charge in [0.1, 0.15) is 4.90 Å². The van der Waals surface area contributed by atoms with Crippen LogP contribution in [0.25, 0.3) is 46.4 Å². The molecular formula is C30H28N4O3S. The fourth-order valence-electron chi connectivity index (χ4n) is 4.51. The van der Waals surface area contributed by atoms with Crippen molar-refractivity contribution in [1.82, 2.24) is 19.9 Å². The summed E-state index contributed by atoms with van der Waals surface area (Å²) in [7, 11) is -4.11. The molecule has 0 aliphatic carbocycles. The summed E-state index contributed by atoms with van der Waals surface area (Å²) in [5.41, 5.74) is 10.9. The average Bonchev–Trinajstić information content (AvgIpc) is 3.64. The van der Waals surface area contributed by atoms with Crippen LogP contribution in [0.2, 0.25) is 0 Å². The van der Waals surface area contributed by atoms with Gasteiger partial charge in [-0.3, -0.25) is 4.55 Å². The van der Waals surface area contributed by atoms with Crippen molar-refractivity contribution in [2.75, 3.05) is 0 Å². The summed E-state index contributed by atoms with van der Waals surface area (Å²) in [6.45, 7) is 7.06. The highest BCUT2D eigenvalue weighted by molar-refractivity contribution is 7.86. The van der Waals surface area contributed by atoms with Crippen molar-refractivity contribution in [1.29, 1.82) is 0 Å². The average molecular weight is 525 g/mol. The highest BCUT2D eigenvalue weighted by atomic mass is 32.2. The number of hydrogen-bond acceptors (Lipinski definition) is 4. The molecule has 0 spiro atoms. The van der Waals surface area contributed by atoms with Crippen LogP contribution in [0.3, 0.4) is 0 Å². The fraction of sp³-hybridized carbons (Fsp3) is 0.133. The lowest BCUT2D eigenvalue weighted by Crippen LogP contribution is -2.06. The van der Waals surface area contributed by atoms with E-state index in [2.05, 4.69) is 50.3 Å². The predicted molar refractivity (Wildman–Crippen MR) is 154 cm³/mol. The summed E-state index contributed by atoms with van der Waals surface area (Å²) in [6.07, 6.45) is 8.05. The maximum atomic E-state index is 11.1. The number of rotatable bonds is 1. The first-order valence-corrected chi connectivity index (χ1v) is 13.6. The van der Waals surface area contributed by atoms with E-state index in [1.807, 2.05) is 62.4 Å². The van der Waals surface area contributed by atoms with E-state index in [0.29, 0.717) is 11.1 Å². The molecule has 0 fully saturated rings. The molecule has 3 N–H and O–H groups in total. The Morgan fingerprint density at radius 2 is 0.947 bits per heavy atom. The number of H-pyrrole nitrogens is 2. The Morgan fingerprint density at radius 3 is 1.34 bits per heavy atom. The maximum absolute atomic E-state index is 11.1. The van der Waals surface area contributed by atoms with Gasteiger partial charge >= 0.3 is 0 Å². The molecule has 0 unspecified atom stereocenters. The summed E-state index contributed by atoms with van der Waals surface area (Å²) in [5, 5.41) is 0. The molecule has 0 saturated carbocycles. The van der Waals surface area contributed by atoms with E-state index >= 15 is 0 Å². The van der Waals surface area contributed by atoms with Crippen molar-refractivity contribution < 1.29 is 13.0 Å². The van der Waals surface area contributed by atoms with Crippen molar-refractivity contribution in [2.45, 2.75) is 32.6 Å². The van der Waals surface area contributed by atoms with Gasteiger partial charge in [0.05, 0.1) is 22.8 Å². The van der Waals surface area contributed by atoms with Crippen LogP contribution in [-0.4, -0.2) is 32.9 Å². The molecule has 3 aromatic heterocycles. The van der Waals surface area contributed by atoms with Gasteiger partial charge in [-0.1, -0.05) is 6.07 Å². The van der Waals surface area contributed by atoms with Gasteiger partial charge in [0.15, 0.2) is 0 Å². The van der Waals surface area contributed by atoms with Gasteiger partial charge in [0.2, 0.25) is 0 Å². The number of aromatic nitrogens is 4. The number of nitrogens with one attached hydrogen (secondary N) is 2. The van der Waals surface area contributed by atoms with Gasteiger partial charge in [-0.15, -0.1) is 0 Å². The number of aromatic amines is 2. The van der Waals surface area contributed by atoms with Crippen LogP contribution >= 0.6 is 0 Å². The van der Waals surface area contributed by atoms with Crippen LogP contribution in [0.4, 0.5) is 0 Å². The van der Waals surface area contributed by atoms with Crippen molar-refractivity contribution in [2.24, 2.45) is 0 Å². The van der Waals surface area contributed by atoms with Gasteiger partial charge in [-0.2, -0.15) is 8.42 Å². The smallest absolute Gasteiger partial charge is 0.295 e. The Labute approximate surface area is 221 Å². The van der Waals surface area contributed by atoms with E-state index in [1.54, 1.807) is 13.8 Å². The molecule has 8 heteroatoms. The first-order chi connectivity index (χ1) is 18.0. The number of hydrogen-bond donors (Lipinski definition) is 3. The Hall–Kier alpha value is -4.27. The molecule has 38 heavy (non-hydrogen) atoms. The van der Waals surface area contributed by atoms with Crippen molar-refractivity contribution in [3.8, 4) is 0 Å². The van der Waals surface area contributed by atoms with E-state index in [0.717, 1.165) is 56.0 Å². The van der Waals surface area contributed by atoms with E-state index in [1.165, 1.54) is 0 Å². The van der Waals surface area contributed by atoms with E-state index in [-0.39, 0.29) is 4.90 Å². The lowest BCUT2D eigenvalue weighted by Gasteiger charge is -2.12. The second-order valence-corrected chi connectivity index (χ2v) is 10.8. The van der Waals surface area contributed by atoms with Crippen LogP contribution in [-0.2, 0) is 10.1 Å². The molecule has 2 aliphatic rings. The summed E-state index contributed by atoms with van der Waals surface area (Å²) in [6, 6.07) is 18.3. The lowest BCUT2D eigenvalue weighted by atomic mass is 10.0. The molecule has 192 valence electrons. The van der Waals surface area contributed by atoms with Gasteiger partial charge in [-0.25, -0.2) is 9.97 Å². The zero-order valence-electron chi connectivity index (χ0n) is 21.6. The molecule has 0 amide bonds. The fourth-order valence-corrected chi connectivity index (χ4v) is 5.61. The van der Waals surface area contributed by atoms with Crippen molar-refractivity contribution in [3.63, 3.8) is 0 Å². The number of nitrogens with zero attached hydrogens (tertiary/aromatic N) is 2. The number of aryl methyl sites for hydroxylation is 2. The first-order valence-electron chi connectivity index (χ1n) is 12.1. The van der Waals surface area contributed by atoms with Crippen LogP contribution < -0.4 is 0 Å². The third-order valence-corrected chi connectivity index (χ3v) is 7.73. The second-order valence-electron chi connectivity index (χ2n) is 9.47. The Balaban J connectivity index is 0.000000181. The minimum atomic E-state index is -4.11. The molecule has 0 saturated heterocycles. The van der Waals surface area contributed by atoms with Crippen LogP contribution in [0.1, 0.15) is 45.0 Å². The second kappa shape index (κ2) is 9.89. The minimum Gasteiger partial charge on any atom is -0.355 e. The molecule has 0 atom stereocenters. The van der Waals surface area contributed by atoms with Gasteiger partial charge in [0, 0.05) is 22.1 Å². The quantitative estimate of drug-likeness (QED) is 0.204. The first kappa shape index (κ1) is 25.4. The van der Waals surface area contributed by atoms with E-state index in [9.17, 15) is 8.42 Å². The zero-order chi connectivity index (χ0) is 27.0. The third kappa shape index (κ3) is 5.51. The third-order valence-electron chi connectivity index (χ3n) is 6.60. The minimum absolute atomic E-state index is 0.0509. The molecule has 4 aromatic rings. The maximum Gasteiger partial charge on any atom is 0.295 e. The van der Waals surface area contributed by atoms with Crippen LogP contribution in [0.5, 0.6) is 0 Å². The number of fused-ring (bicyclic) bond motifs is 8. The molecule has 7 nitrogen and oxygen atoms in total. The molecule has 0 radical (unpaired) electrons. The molecule has 6 rings (SSSR count). The Kier molecular flexibility index (Phi) is 6.60. The normalized spacial score (nSPS) is 12.3. The van der Waals surface area contributed by atoms with Crippen molar-refractivity contribution in [3.05, 3.63) is 99.6 Å². The summed E-state index contributed by atoms with van der Waals surface area (Å²) in [5.74, 6) is 0. The Bertz CT molecular complexity index is 1780. The summed E-state index contributed by atoms with van der Waals surface area (Å²) < 4.78 is 31.3. The summed E-state index contributed by atoms with van der Waals surface area (Å²) in [4.78, 5) is 16.1. The van der Waals surface area contributed by atoms with Crippen LogP contribution in [0, 0.1) is 27.7 Å². The monoisotopic (exact) mass is 524 g/mol.